The number of halogens is 2. The molecule has 0 spiro atoms. The van der Waals surface area contributed by atoms with Gasteiger partial charge in [-0.25, -0.2) is 13.6 Å². The van der Waals surface area contributed by atoms with Gasteiger partial charge in [0.25, 0.3) is 5.95 Å². The van der Waals surface area contributed by atoms with Crippen LogP contribution < -0.4 is 16.4 Å². The summed E-state index contributed by atoms with van der Waals surface area (Å²) in [6.07, 6.45) is 0.320. The summed E-state index contributed by atoms with van der Waals surface area (Å²) in [6, 6.07) is 14.6. The number of aromatic nitrogens is 5. The number of amides is 1. The molecule has 3 heterocycles. The highest BCUT2D eigenvalue weighted by Crippen LogP contribution is 2.36. The molecule has 10 nitrogen and oxygen atoms in total. The Hall–Kier alpha value is -5.13. The first-order chi connectivity index (χ1) is 18.3. The predicted molar refractivity (Wildman–Crippen MR) is 138 cm³/mol. The largest absolute Gasteiger partial charge is 0.465 e. The van der Waals surface area contributed by atoms with Crippen molar-refractivity contribution in [2.75, 3.05) is 16.4 Å². The zero-order chi connectivity index (χ0) is 27.0. The molecular formula is C26H22F2N8O2. The van der Waals surface area contributed by atoms with Crippen molar-refractivity contribution in [3.05, 3.63) is 95.3 Å². The van der Waals surface area contributed by atoms with Gasteiger partial charge in [0.2, 0.25) is 0 Å². The fourth-order valence-electron chi connectivity index (χ4n) is 4.33. The van der Waals surface area contributed by atoms with Crippen molar-refractivity contribution in [3.63, 3.8) is 0 Å². The van der Waals surface area contributed by atoms with Crippen LogP contribution in [0.4, 0.5) is 30.9 Å². The maximum Gasteiger partial charge on any atom is 0.412 e. The zero-order valence-electron chi connectivity index (χ0n) is 20.1. The van der Waals surface area contributed by atoms with Crippen molar-refractivity contribution in [2.24, 2.45) is 0 Å². The Labute approximate surface area is 215 Å². The second-order valence-electron chi connectivity index (χ2n) is 8.49. The van der Waals surface area contributed by atoms with Crippen LogP contribution in [0.15, 0.2) is 66.9 Å². The molecule has 192 valence electrons. The van der Waals surface area contributed by atoms with E-state index in [2.05, 4.69) is 20.1 Å². The van der Waals surface area contributed by atoms with Crippen molar-refractivity contribution in [2.45, 2.75) is 19.4 Å². The first-order valence-corrected chi connectivity index (χ1v) is 11.5. The summed E-state index contributed by atoms with van der Waals surface area (Å²) in [5.74, 6) is -1.50. The van der Waals surface area contributed by atoms with Crippen LogP contribution in [-0.2, 0) is 6.42 Å². The maximum absolute atomic E-state index is 14.4. The molecule has 0 saturated carbocycles. The number of nitrogens with zero attached hydrogens (tertiary/aromatic N) is 6. The van der Waals surface area contributed by atoms with E-state index in [0.717, 1.165) is 4.90 Å². The fourth-order valence-corrected chi connectivity index (χ4v) is 4.33. The highest BCUT2D eigenvalue weighted by atomic mass is 19.1. The van der Waals surface area contributed by atoms with Crippen molar-refractivity contribution in [1.82, 2.24) is 24.7 Å². The van der Waals surface area contributed by atoms with E-state index < -0.39 is 18.0 Å². The summed E-state index contributed by atoms with van der Waals surface area (Å²) in [5.41, 5.74) is 14.3. The van der Waals surface area contributed by atoms with Crippen LogP contribution in [0.1, 0.15) is 29.8 Å². The van der Waals surface area contributed by atoms with Crippen LogP contribution in [0.3, 0.4) is 0 Å². The van der Waals surface area contributed by atoms with Gasteiger partial charge in [-0.2, -0.15) is 19.7 Å². The lowest BCUT2D eigenvalue weighted by molar-refractivity contribution is 0.199. The molecule has 0 saturated heterocycles. The monoisotopic (exact) mass is 516 g/mol. The van der Waals surface area contributed by atoms with Gasteiger partial charge >= 0.3 is 6.09 Å². The van der Waals surface area contributed by atoms with E-state index in [1.165, 1.54) is 35.9 Å². The summed E-state index contributed by atoms with van der Waals surface area (Å²) in [4.78, 5) is 26.0. The smallest absolute Gasteiger partial charge is 0.412 e. The Kier molecular flexibility index (Phi) is 6.29. The number of rotatable bonds is 6. The number of pyridine rings is 1. The van der Waals surface area contributed by atoms with Crippen LogP contribution in [0, 0.1) is 11.6 Å². The van der Waals surface area contributed by atoms with E-state index in [1.807, 2.05) is 0 Å². The molecule has 3 aromatic heterocycles. The molecule has 38 heavy (non-hydrogen) atoms. The van der Waals surface area contributed by atoms with Crippen LogP contribution in [0.2, 0.25) is 0 Å². The number of anilines is 3. The third-order valence-corrected chi connectivity index (χ3v) is 6.13. The molecule has 0 aliphatic heterocycles. The van der Waals surface area contributed by atoms with Crippen LogP contribution in [0.25, 0.3) is 17.0 Å². The molecule has 1 amide bonds. The predicted octanol–water partition coefficient (Wildman–Crippen LogP) is 4.49. The Morgan fingerprint density at radius 3 is 2.32 bits per heavy atom. The summed E-state index contributed by atoms with van der Waals surface area (Å²) in [5, 5.41) is 14.5. The molecule has 1 atom stereocenters. The molecule has 12 heteroatoms. The van der Waals surface area contributed by atoms with Gasteiger partial charge in [0.15, 0.2) is 11.6 Å². The van der Waals surface area contributed by atoms with Gasteiger partial charge < -0.3 is 16.6 Å². The third-order valence-electron chi connectivity index (χ3n) is 6.13. The van der Waals surface area contributed by atoms with Crippen molar-refractivity contribution < 1.29 is 18.7 Å². The summed E-state index contributed by atoms with van der Waals surface area (Å²) < 4.78 is 30.1. The molecule has 0 bridgehead atoms. The van der Waals surface area contributed by atoms with Crippen molar-refractivity contribution in [3.8, 4) is 5.95 Å². The number of benzene rings is 2. The number of fused-ring (bicyclic) bond motifs is 1. The highest BCUT2D eigenvalue weighted by Gasteiger charge is 2.30. The highest BCUT2D eigenvalue weighted by molar-refractivity contribution is 5.94. The van der Waals surface area contributed by atoms with Gasteiger partial charge in [-0.1, -0.05) is 36.4 Å². The molecular weight excluding hydrogens is 494 g/mol. The molecule has 5 N–H and O–H groups in total. The Morgan fingerprint density at radius 1 is 1.00 bits per heavy atom. The SMILES string of the molecule is CC(c1ccccc1F)N(C(=O)O)c1c(N)nc(-n2nc(Cc3ccccc3F)c3ncccc32)nc1N. The van der Waals surface area contributed by atoms with Crippen molar-refractivity contribution >= 4 is 34.4 Å². The average Bonchev–Trinajstić information content (AvgIpc) is 3.25. The molecule has 0 fully saturated rings. The van der Waals surface area contributed by atoms with E-state index >= 15 is 0 Å². The number of hydrogen-bond donors (Lipinski definition) is 3. The minimum Gasteiger partial charge on any atom is -0.465 e. The second kappa shape index (κ2) is 9.73. The molecule has 5 rings (SSSR count). The van der Waals surface area contributed by atoms with Gasteiger partial charge in [0.1, 0.15) is 22.8 Å². The van der Waals surface area contributed by atoms with Gasteiger partial charge in [0, 0.05) is 18.2 Å². The second-order valence-corrected chi connectivity index (χ2v) is 8.49. The number of nitrogen functional groups attached to an aromatic ring is 2. The number of carboxylic acid groups (broad SMARTS) is 1. The number of hydrogen-bond acceptors (Lipinski definition) is 7. The van der Waals surface area contributed by atoms with E-state index in [9.17, 15) is 18.7 Å². The molecule has 5 aromatic rings. The molecule has 2 aromatic carbocycles. The standard InChI is InChI=1S/C26H22F2N8O2/c1-14(16-8-3-5-10-18(16)28)35(26(37)38)22-23(29)32-25(33-24(22)30)36-20-11-6-12-31-21(20)19(34-36)13-15-7-2-4-9-17(15)27/h2-12,14H,13H2,1H3,(H,37,38)(H4,29,30,32,33). The lowest BCUT2D eigenvalue weighted by Crippen LogP contribution is -2.34. The van der Waals surface area contributed by atoms with E-state index in [-0.39, 0.29) is 41.1 Å². The van der Waals surface area contributed by atoms with E-state index in [1.54, 1.807) is 42.6 Å². The zero-order valence-corrected chi connectivity index (χ0v) is 20.1. The van der Waals surface area contributed by atoms with Gasteiger partial charge in [-0.15, -0.1) is 0 Å². The first-order valence-electron chi connectivity index (χ1n) is 11.5. The fraction of sp³-hybridized carbons (Fsp3) is 0.115. The Bertz CT molecular complexity index is 1650. The van der Waals surface area contributed by atoms with Gasteiger partial charge in [-0.05, 0) is 36.8 Å². The minimum atomic E-state index is -1.42. The molecule has 0 aliphatic carbocycles. The quantitative estimate of drug-likeness (QED) is 0.299. The summed E-state index contributed by atoms with van der Waals surface area (Å²) in [6.45, 7) is 1.50. The minimum absolute atomic E-state index is 0.0367. The van der Waals surface area contributed by atoms with Gasteiger partial charge in [0.05, 0.1) is 17.3 Å². The first kappa shape index (κ1) is 24.6. The maximum atomic E-state index is 14.4. The lowest BCUT2D eigenvalue weighted by atomic mass is 10.1. The van der Waals surface area contributed by atoms with Gasteiger partial charge in [-0.3, -0.25) is 9.88 Å². The number of carbonyl (C=O) groups is 1. The molecule has 0 radical (unpaired) electrons. The van der Waals surface area contributed by atoms with Crippen molar-refractivity contribution in [1.29, 1.82) is 0 Å². The summed E-state index contributed by atoms with van der Waals surface area (Å²) in [7, 11) is 0. The summed E-state index contributed by atoms with van der Waals surface area (Å²) >= 11 is 0. The number of nitrogens with two attached hydrogens (primary N) is 2. The normalized spacial score (nSPS) is 12.0. The lowest BCUT2D eigenvalue weighted by Gasteiger charge is -2.28. The Morgan fingerprint density at radius 2 is 1.66 bits per heavy atom. The Balaban J connectivity index is 1.60. The van der Waals surface area contributed by atoms with Crippen LogP contribution in [-0.4, -0.2) is 35.9 Å². The van der Waals surface area contributed by atoms with Crippen LogP contribution in [0.5, 0.6) is 0 Å². The van der Waals surface area contributed by atoms with E-state index in [4.69, 9.17) is 11.5 Å². The molecule has 0 aliphatic rings. The topological polar surface area (TPSA) is 149 Å². The molecule has 1 unspecified atom stereocenters. The average molecular weight is 517 g/mol. The van der Waals surface area contributed by atoms with Crippen LogP contribution >= 0.6 is 0 Å². The van der Waals surface area contributed by atoms with E-state index in [0.29, 0.717) is 22.3 Å². The third kappa shape index (κ3) is 4.32.